The van der Waals surface area contributed by atoms with Gasteiger partial charge in [-0.05, 0) is 80.0 Å². The number of nitrogens with two attached hydrogens (primary N) is 2. The van der Waals surface area contributed by atoms with Gasteiger partial charge in [0, 0.05) is 71.8 Å². The number of para-hydroxylation sites is 2. The van der Waals surface area contributed by atoms with Crippen molar-refractivity contribution in [3.8, 4) is 0 Å². The first-order chi connectivity index (χ1) is 36.7. The zero-order valence-electron chi connectivity index (χ0n) is 42.4. The van der Waals surface area contributed by atoms with Gasteiger partial charge in [-0.15, -0.1) is 0 Å². The number of imidazole rings is 1. The van der Waals surface area contributed by atoms with Crippen molar-refractivity contribution in [3.63, 3.8) is 0 Å². The van der Waals surface area contributed by atoms with E-state index in [1.165, 1.54) is 31.2 Å². The number of hydrogen-bond acceptors (Lipinski definition) is 12. The van der Waals surface area contributed by atoms with E-state index >= 15 is 0 Å². The number of nitrogens with one attached hydrogen (secondary N) is 10. The van der Waals surface area contributed by atoms with Crippen LogP contribution in [0.5, 0.6) is 0 Å². The molecule has 76 heavy (non-hydrogen) atoms. The Kier molecular flexibility index (Phi) is 21.5. The highest BCUT2D eigenvalue weighted by atomic mass is 32.2. The summed E-state index contributed by atoms with van der Waals surface area (Å²) in [7, 11) is 0. The molecule has 3 aromatic carbocycles. The van der Waals surface area contributed by atoms with Gasteiger partial charge in [0.15, 0.2) is 0 Å². The molecule has 7 amide bonds. The van der Waals surface area contributed by atoms with Gasteiger partial charge >= 0.3 is 5.97 Å². The van der Waals surface area contributed by atoms with Crippen LogP contribution >= 0.6 is 11.8 Å². The van der Waals surface area contributed by atoms with Crippen molar-refractivity contribution in [2.24, 2.45) is 11.5 Å². The number of aliphatic carboxylic acids is 1. The van der Waals surface area contributed by atoms with Crippen LogP contribution in [-0.2, 0) is 64.0 Å². The molecule has 22 nitrogen and oxygen atoms in total. The molecule has 3 aromatic heterocycles. The number of fused-ring (bicyclic) bond motifs is 2. The summed E-state index contributed by atoms with van der Waals surface area (Å²) < 4.78 is 0. The average Bonchev–Trinajstić information content (AvgIpc) is 4.20. The lowest BCUT2D eigenvalue weighted by molar-refractivity contribution is -0.142. The first-order valence-electron chi connectivity index (χ1n) is 25.0. The van der Waals surface area contributed by atoms with Crippen LogP contribution in [0.1, 0.15) is 55.0 Å². The van der Waals surface area contributed by atoms with Crippen LogP contribution in [0, 0.1) is 0 Å². The number of thioether (sulfide) groups is 1. The molecule has 0 saturated carbocycles. The van der Waals surface area contributed by atoms with E-state index in [0.29, 0.717) is 41.0 Å². The van der Waals surface area contributed by atoms with Crippen molar-refractivity contribution >= 4 is 80.9 Å². The van der Waals surface area contributed by atoms with Gasteiger partial charge in [0.2, 0.25) is 41.4 Å². The van der Waals surface area contributed by atoms with Crippen molar-refractivity contribution < 1.29 is 43.5 Å². The monoisotopic (exact) mass is 1060 g/mol. The van der Waals surface area contributed by atoms with Crippen molar-refractivity contribution in [1.82, 2.24) is 57.2 Å². The fraction of sp³-hybridized carbons (Fsp3) is 0.377. The Morgan fingerprint density at radius 3 is 1.61 bits per heavy atom. The van der Waals surface area contributed by atoms with Crippen LogP contribution in [0.4, 0.5) is 0 Å². The number of carboxylic acids is 1. The van der Waals surface area contributed by atoms with Crippen LogP contribution in [-0.4, -0.2) is 140 Å². The van der Waals surface area contributed by atoms with E-state index in [-0.39, 0.29) is 51.6 Å². The standard InChI is InChI=1S/C53H67N13O9S/c1-31(60-48(69)41(19-21-76-2)61-46(67)26-55)47(68)63-44(25-35-29-56-30-59-35)52(73)65-42(23-33-27-57-38-16-8-6-14-36(33)38)50(71)62-40(18-10-11-20-54)49(70)64-43(24-34-28-58-39-17-9-7-15-37(34)39)51(72)66-45(53(74)75)22-32-12-4-3-5-13-32/h3-9,12-17,27-31,40-45,57-58H,10-11,18-26,54-55H2,1-2H3,(H,56,59)(H,60,69)(H,61,67)(H,62,71)(H,63,68)(H,64,70)(H,65,73)(H,66,72)(H,74,75)/t31-,40+,41-,42+,43-,44-,45+/m0/s1. The van der Waals surface area contributed by atoms with Crippen molar-refractivity contribution in [3.05, 3.63) is 126 Å². The van der Waals surface area contributed by atoms with E-state index in [0.717, 1.165) is 21.8 Å². The van der Waals surface area contributed by atoms with Gasteiger partial charge in [-0.3, -0.25) is 33.6 Å². The number of carbonyl (C=O) groups excluding carboxylic acids is 7. The van der Waals surface area contributed by atoms with Gasteiger partial charge in [-0.1, -0.05) is 66.7 Å². The number of aromatic nitrogens is 4. The van der Waals surface area contributed by atoms with Crippen LogP contribution < -0.4 is 48.7 Å². The molecule has 3 heterocycles. The summed E-state index contributed by atoms with van der Waals surface area (Å²) in [5, 5.41) is 30.7. The Labute approximate surface area is 443 Å². The zero-order chi connectivity index (χ0) is 54.6. The third-order valence-corrected chi connectivity index (χ3v) is 13.4. The van der Waals surface area contributed by atoms with Gasteiger partial charge in [-0.2, -0.15) is 11.8 Å². The minimum Gasteiger partial charge on any atom is -0.480 e. The fourth-order valence-corrected chi connectivity index (χ4v) is 9.09. The molecule has 0 saturated heterocycles. The summed E-state index contributed by atoms with van der Waals surface area (Å²) in [4.78, 5) is 124. The Morgan fingerprint density at radius 2 is 1.07 bits per heavy atom. The lowest BCUT2D eigenvalue weighted by Gasteiger charge is -2.27. The second-order valence-corrected chi connectivity index (χ2v) is 19.3. The van der Waals surface area contributed by atoms with E-state index in [1.54, 1.807) is 42.7 Å². The van der Waals surface area contributed by atoms with Gasteiger partial charge in [0.1, 0.15) is 42.3 Å². The molecule has 6 aromatic rings. The lowest BCUT2D eigenvalue weighted by Crippen LogP contribution is -2.60. The molecule has 0 aliphatic carbocycles. The Morgan fingerprint density at radius 1 is 0.566 bits per heavy atom. The fourth-order valence-electron chi connectivity index (χ4n) is 8.62. The maximum Gasteiger partial charge on any atom is 0.326 e. The SMILES string of the molecule is CSCC[C@H](NC(=O)CN)C(=O)N[C@@H](C)C(=O)N[C@@H](Cc1cnc[nH]1)C(=O)N[C@H](Cc1c[nH]c2ccccc12)C(=O)N[C@H](CCCCN)C(=O)N[C@@H](Cc1c[nH]c2ccccc12)C(=O)N[C@H](Cc1ccccc1)C(=O)O. The first-order valence-corrected chi connectivity index (χ1v) is 26.4. The molecule has 0 bridgehead atoms. The number of rotatable bonds is 30. The molecule has 23 heteroatoms. The highest BCUT2D eigenvalue weighted by molar-refractivity contribution is 7.98. The maximum absolute atomic E-state index is 14.9. The number of unbranched alkanes of at least 4 members (excludes halogenated alkanes) is 1. The molecule has 0 aliphatic heterocycles. The molecule has 0 unspecified atom stereocenters. The Bertz CT molecular complexity index is 2910. The number of carbonyl (C=O) groups is 8. The smallest absolute Gasteiger partial charge is 0.326 e. The highest BCUT2D eigenvalue weighted by Crippen LogP contribution is 2.22. The van der Waals surface area contributed by atoms with E-state index < -0.39 is 89.6 Å². The largest absolute Gasteiger partial charge is 0.480 e. The number of hydrogen-bond donors (Lipinski definition) is 13. The molecule has 0 fully saturated rings. The van der Waals surface area contributed by atoms with Crippen LogP contribution in [0.2, 0.25) is 0 Å². The predicted molar refractivity (Wildman–Crippen MR) is 288 cm³/mol. The van der Waals surface area contributed by atoms with Gasteiger partial charge in [0.25, 0.3) is 0 Å². The highest BCUT2D eigenvalue weighted by Gasteiger charge is 2.35. The van der Waals surface area contributed by atoms with E-state index in [2.05, 4.69) is 57.2 Å². The summed E-state index contributed by atoms with van der Waals surface area (Å²) in [6, 6.07) is 14.6. The van der Waals surface area contributed by atoms with Crippen LogP contribution in [0.3, 0.4) is 0 Å². The number of H-pyrrole nitrogens is 3. The molecule has 0 aliphatic rings. The topological polar surface area (TPSA) is 353 Å². The number of nitrogens with zero attached hydrogens (tertiary/aromatic N) is 1. The summed E-state index contributed by atoms with van der Waals surface area (Å²) in [5.74, 6) is -5.79. The Balaban J connectivity index is 1.27. The second kappa shape index (κ2) is 28.6. The van der Waals surface area contributed by atoms with Crippen molar-refractivity contribution in [1.29, 1.82) is 0 Å². The molecule has 404 valence electrons. The molecule has 0 radical (unpaired) electrons. The van der Waals surface area contributed by atoms with E-state index in [1.807, 2.05) is 54.8 Å². The van der Waals surface area contributed by atoms with Crippen LogP contribution in [0.15, 0.2) is 104 Å². The summed E-state index contributed by atoms with van der Waals surface area (Å²) in [6.07, 6.45) is 8.98. The minimum absolute atomic E-state index is 0.0333. The van der Waals surface area contributed by atoms with Gasteiger partial charge in [0.05, 0.1) is 12.9 Å². The normalized spacial score (nSPS) is 14.0. The number of amides is 7. The third kappa shape index (κ3) is 16.5. The maximum atomic E-state index is 14.9. The van der Waals surface area contributed by atoms with E-state index in [4.69, 9.17) is 11.5 Å². The van der Waals surface area contributed by atoms with E-state index in [9.17, 15) is 43.5 Å². The number of benzene rings is 3. The summed E-state index contributed by atoms with van der Waals surface area (Å²) >= 11 is 1.46. The van der Waals surface area contributed by atoms with Crippen molar-refractivity contribution in [2.75, 3.05) is 25.1 Å². The summed E-state index contributed by atoms with van der Waals surface area (Å²) in [5.41, 5.74) is 15.3. The molecule has 0 spiro atoms. The molecule has 6 rings (SSSR count). The quantitative estimate of drug-likeness (QED) is 0.0280. The molecular formula is C53H67N13O9S. The van der Waals surface area contributed by atoms with Crippen molar-refractivity contribution in [2.45, 2.75) is 101 Å². The molecular weight excluding hydrogens is 995 g/mol. The van der Waals surface area contributed by atoms with Gasteiger partial charge in [-0.25, -0.2) is 9.78 Å². The number of carboxylic acid groups (broad SMARTS) is 1. The first kappa shape index (κ1) is 57.3. The van der Waals surface area contributed by atoms with Crippen LogP contribution in [0.25, 0.3) is 21.8 Å². The zero-order valence-corrected chi connectivity index (χ0v) is 43.2. The molecule has 15 N–H and O–H groups in total. The molecule has 7 atom stereocenters. The predicted octanol–water partition coefficient (Wildman–Crippen LogP) is 0.982. The lowest BCUT2D eigenvalue weighted by atomic mass is 10.0. The average molecular weight is 1060 g/mol. The second-order valence-electron chi connectivity index (χ2n) is 18.4. The third-order valence-electron chi connectivity index (χ3n) is 12.8. The minimum atomic E-state index is -1.38. The Hall–Kier alpha value is -8.02. The number of aromatic amines is 3. The summed E-state index contributed by atoms with van der Waals surface area (Å²) in [6.45, 7) is 1.35. The van der Waals surface area contributed by atoms with Gasteiger partial charge < -0.3 is 68.7 Å².